The molecule has 0 saturated heterocycles. The van der Waals surface area contributed by atoms with Crippen LogP contribution in [0.5, 0.6) is 11.5 Å². The molecule has 4 rings (SSSR count). The summed E-state index contributed by atoms with van der Waals surface area (Å²) >= 11 is 1.14. The SMILES string of the molecule is COc1ccc(NC(=O)Cn2c(=O)n(CC(=O)NCc3ccc(C)cc3)c(=O)c3sccc32)cc1OC. The number of carbonyl (C=O) groups is 2. The van der Waals surface area contributed by atoms with Gasteiger partial charge in [-0.1, -0.05) is 29.8 Å². The predicted octanol–water partition coefficient (Wildman–Crippen LogP) is 2.51. The maximum atomic E-state index is 13.3. The number of nitrogens with zero attached hydrogens (tertiary/aromatic N) is 2. The Morgan fingerprint density at radius 2 is 1.59 bits per heavy atom. The number of hydrogen-bond acceptors (Lipinski definition) is 7. The van der Waals surface area contributed by atoms with Crippen LogP contribution in [0.3, 0.4) is 0 Å². The zero-order valence-electron chi connectivity index (χ0n) is 20.6. The number of aromatic nitrogens is 2. The van der Waals surface area contributed by atoms with Crippen LogP contribution in [0.4, 0.5) is 5.69 Å². The number of methoxy groups -OCH3 is 2. The first kappa shape index (κ1) is 25.7. The molecular formula is C26H26N4O6S. The number of nitrogens with one attached hydrogen (secondary N) is 2. The van der Waals surface area contributed by atoms with Crippen molar-refractivity contribution in [2.75, 3.05) is 19.5 Å². The van der Waals surface area contributed by atoms with Gasteiger partial charge in [0.15, 0.2) is 11.5 Å². The molecule has 2 N–H and O–H groups in total. The molecule has 0 unspecified atom stereocenters. The number of hydrogen-bond donors (Lipinski definition) is 2. The van der Waals surface area contributed by atoms with Crippen molar-refractivity contribution in [1.82, 2.24) is 14.5 Å². The third-order valence-electron chi connectivity index (χ3n) is 5.72. The van der Waals surface area contributed by atoms with Crippen LogP contribution < -0.4 is 31.4 Å². The topological polar surface area (TPSA) is 121 Å². The summed E-state index contributed by atoms with van der Waals surface area (Å²) < 4.78 is 12.8. The number of thiophene rings is 1. The number of fused-ring (bicyclic) bond motifs is 1. The van der Waals surface area contributed by atoms with Gasteiger partial charge in [-0.3, -0.25) is 19.0 Å². The van der Waals surface area contributed by atoms with E-state index in [1.807, 2.05) is 31.2 Å². The second-order valence-corrected chi connectivity index (χ2v) is 9.19. The number of ether oxygens (including phenoxy) is 2. The van der Waals surface area contributed by atoms with E-state index in [4.69, 9.17) is 9.47 Å². The molecule has 0 aliphatic carbocycles. The molecule has 2 amide bonds. The summed E-state index contributed by atoms with van der Waals surface area (Å²) in [6.07, 6.45) is 0. The van der Waals surface area contributed by atoms with Crippen molar-refractivity contribution in [2.45, 2.75) is 26.6 Å². The summed E-state index contributed by atoms with van der Waals surface area (Å²) in [6.45, 7) is 1.41. The van der Waals surface area contributed by atoms with Gasteiger partial charge in [0.1, 0.15) is 17.8 Å². The van der Waals surface area contributed by atoms with E-state index < -0.39 is 29.6 Å². The molecule has 0 saturated carbocycles. The molecule has 37 heavy (non-hydrogen) atoms. The van der Waals surface area contributed by atoms with E-state index >= 15 is 0 Å². The lowest BCUT2D eigenvalue weighted by Gasteiger charge is -2.13. The molecule has 0 atom stereocenters. The minimum absolute atomic E-state index is 0.261. The molecule has 0 spiro atoms. The predicted molar refractivity (Wildman–Crippen MR) is 142 cm³/mol. The van der Waals surface area contributed by atoms with Gasteiger partial charge in [0, 0.05) is 18.3 Å². The van der Waals surface area contributed by atoms with Gasteiger partial charge in [-0.15, -0.1) is 11.3 Å². The molecule has 0 fully saturated rings. The zero-order chi connectivity index (χ0) is 26.5. The van der Waals surface area contributed by atoms with E-state index in [0.29, 0.717) is 22.7 Å². The highest BCUT2D eigenvalue weighted by molar-refractivity contribution is 7.17. The van der Waals surface area contributed by atoms with Crippen LogP contribution in [0, 0.1) is 6.92 Å². The van der Waals surface area contributed by atoms with Crippen LogP contribution in [0.1, 0.15) is 11.1 Å². The third-order valence-corrected chi connectivity index (χ3v) is 6.61. The van der Waals surface area contributed by atoms with Crippen molar-refractivity contribution in [1.29, 1.82) is 0 Å². The van der Waals surface area contributed by atoms with E-state index in [9.17, 15) is 19.2 Å². The smallest absolute Gasteiger partial charge is 0.332 e. The zero-order valence-corrected chi connectivity index (χ0v) is 21.4. The molecule has 0 radical (unpaired) electrons. The molecule has 11 heteroatoms. The van der Waals surface area contributed by atoms with Gasteiger partial charge >= 0.3 is 5.69 Å². The molecular weight excluding hydrogens is 496 g/mol. The minimum atomic E-state index is -0.746. The van der Waals surface area contributed by atoms with E-state index in [1.165, 1.54) is 18.8 Å². The number of anilines is 1. The first-order chi connectivity index (χ1) is 17.8. The fraction of sp³-hybridized carbons (Fsp3) is 0.231. The van der Waals surface area contributed by atoms with Crippen LogP contribution in [-0.2, 0) is 29.2 Å². The van der Waals surface area contributed by atoms with Crippen molar-refractivity contribution in [3.63, 3.8) is 0 Å². The normalized spacial score (nSPS) is 10.8. The quantitative estimate of drug-likeness (QED) is 0.349. The molecule has 0 aliphatic rings. The number of amides is 2. The van der Waals surface area contributed by atoms with Gasteiger partial charge in [-0.05, 0) is 36.1 Å². The molecule has 2 aromatic carbocycles. The molecule has 0 aliphatic heterocycles. The van der Waals surface area contributed by atoms with Gasteiger partial charge in [-0.2, -0.15) is 0 Å². The Hall–Kier alpha value is -4.38. The van der Waals surface area contributed by atoms with Gasteiger partial charge in [-0.25, -0.2) is 9.36 Å². The Morgan fingerprint density at radius 1 is 0.892 bits per heavy atom. The Kier molecular flexibility index (Phi) is 7.73. The molecule has 4 aromatic rings. The van der Waals surface area contributed by atoms with Crippen LogP contribution >= 0.6 is 11.3 Å². The van der Waals surface area contributed by atoms with Crippen molar-refractivity contribution in [2.24, 2.45) is 0 Å². The van der Waals surface area contributed by atoms with E-state index in [-0.39, 0.29) is 17.8 Å². The van der Waals surface area contributed by atoms with Crippen molar-refractivity contribution in [3.8, 4) is 11.5 Å². The Morgan fingerprint density at radius 3 is 2.30 bits per heavy atom. The van der Waals surface area contributed by atoms with Crippen LogP contribution in [0.15, 0.2) is 63.5 Å². The van der Waals surface area contributed by atoms with E-state index in [2.05, 4.69) is 10.6 Å². The van der Waals surface area contributed by atoms with Crippen molar-refractivity contribution in [3.05, 3.63) is 85.9 Å². The molecule has 0 bridgehead atoms. The second-order valence-electron chi connectivity index (χ2n) is 8.28. The van der Waals surface area contributed by atoms with Crippen molar-refractivity contribution >= 4 is 39.1 Å². The van der Waals surface area contributed by atoms with Gasteiger partial charge in [0.2, 0.25) is 11.8 Å². The third kappa shape index (κ3) is 5.72. The highest BCUT2D eigenvalue weighted by Gasteiger charge is 2.18. The fourth-order valence-electron chi connectivity index (χ4n) is 3.79. The lowest BCUT2D eigenvalue weighted by atomic mass is 10.1. The molecule has 2 aromatic heterocycles. The highest BCUT2D eigenvalue weighted by Crippen LogP contribution is 2.29. The van der Waals surface area contributed by atoms with Gasteiger partial charge < -0.3 is 20.1 Å². The summed E-state index contributed by atoms with van der Waals surface area (Å²) in [5.41, 5.74) is 1.45. The average molecular weight is 523 g/mol. The van der Waals surface area contributed by atoms with Crippen LogP contribution in [0.25, 0.3) is 10.2 Å². The summed E-state index contributed by atoms with van der Waals surface area (Å²) in [5, 5.41) is 7.11. The Labute approximate surface area is 216 Å². The first-order valence-electron chi connectivity index (χ1n) is 11.4. The molecule has 10 nitrogen and oxygen atoms in total. The number of rotatable bonds is 9. The van der Waals surface area contributed by atoms with Gasteiger partial charge in [0.05, 0.1) is 19.7 Å². The lowest BCUT2D eigenvalue weighted by Crippen LogP contribution is -2.44. The molecule has 192 valence electrons. The Balaban J connectivity index is 1.55. The fourth-order valence-corrected chi connectivity index (χ4v) is 4.63. The first-order valence-corrected chi connectivity index (χ1v) is 12.2. The summed E-state index contributed by atoms with van der Waals surface area (Å²) in [6, 6.07) is 14.1. The average Bonchev–Trinajstić information content (AvgIpc) is 3.39. The largest absolute Gasteiger partial charge is 0.493 e. The molecule has 2 heterocycles. The van der Waals surface area contributed by atoms with Crippen LogP contribution in [-0.4, -0.2) is 35.2 Å². The number of carbonyl (C=O) groups excluding carboxylic acids is 2. The Bertz CT molecular complexity index is 1570. The monoisotopic (exact) mass is 522 g/mol. The van der Waals surface area contributed by atoms with Crippen molar-refractivity contribution < 1.29 is 19.1 Å². The standard InChI is InChI=1S/C26H26N4O6S/c1-16-4-6-17(7-5-16)13-27-22(31)14-30-25(33)24-19(10-11-37-24)29(26(30)34)15-23(32)28-18-8-9-20(35-2)21(12-18)36-3/h4-12H,13-15H2,1-3H3,(H,27,31)(H,28,32). The minimum Gasteiger partial charge on any atom is -0.493 e. The highest BCUT2D eigenvalue weighted by atomic mass is 32.1. The summed E-state index contributed by atoms with van der Waals surface area (Å²) in [4.78, 5) is 51.7. The van der Waals surface area contributed by atoms with E-state index in [0.717, 1.165) is 27.0 Å². The lowest BCUT2D eigenvalue weighted by molar-refractivity contribution is -0.122. The maximum Gasteiger partial charge on any atom is 0.332 e. The summed E-state index contributed by atoms with van der Waals surface area (Å²) in [7, 11) is 2.99. The number of aryl methyl sites for hydroxylation is 1. The van der Waals surface area contributed by atoms with Gasteiger partial charge in [0.25, 0.3) is 5.56 Å². The number of benzene rings is 2. The second kappa shape index (κ2) is 11.1. The van der Waals surface area contributed by atoms with Crippen LogP contribution in [0.2, 0.25) is 0 Å². The summed E-state index contributed by atoms with van der Waals surface area (Å²) in [5.74, 6) is -0.0415. The van der Waals surface area contributed by atoms with E-state index in [1.54, 1.807) is 29.6 Å². The maximum absolute atomic E-state index is 13.3.